The fraction of sp³-hybridized carbons (Fsp3) is 0.111. The first-order valence-corrected chi connectivity index (χ1v) is 8.22. The van der Waals surface area contributed by atoms with E-state index < -0.39 is 0 Å². The van der Waals surface area contributed by atoms with Gasteiger partial charge in [-0.2, -0.15) is 0 Å². The molecule has 0 aromatic heterocycles. The van der Waals surface area contributed by atoms with Gasteiger partial charge in [0.05, 0.1) is 11.4 Å². The van der Waals surface area contributed by atoms with E-state index in [2.05, 4.69) is 0 Å². The Morgan fingerprint density at radius 1 is 1.09 bits per heavy atom. The first-order chi connectivity index (χ1) is 10.6. The highest BCUT2D eigenvalue weighted by Gasteiger charge is 2.31. The average Bonchev–Trinajstić information content (AvgIpc) is 2.78. The van der Waals surface area contributed by atoms with Crippen LogP contribution in [0, 0.1) is 6.92 Å². The number of thiocarbonyl (C=S) groups is 1. The molecular weight excluding hydrogens is 310 g/mol. The highest BCUT2D eigenvalue weighted by molar-refractivity contribution is 8.26. The summed E-state index contributed by atoms with van der Waals surface area (Å²) in [5.41, 5.74) is 3.29. The van der Waals surface area contributed by atoms with Gasteiger partial charge in [0, 0.05) is 0 Å². The van der Waals surface area contributed by atoms with Crippen molar-refractivity contribution in [3.8, 4) is 0 Å². The van der Waals surface area contributed by atoms with Gasteiger partial charge in [-0.05, 0) is 29.7 Å². The molecule has 0 aliphatic carbocycles. The van der Waals surface area contributed by atoms with Crippen LogP contribution in [0.5, 0.6) is 0 Å². The zero-order valence-electron chi connectivity index (χ0n) is 12.2. The van der Waals surface area contributed by atoms with E-state index in [4.69, 9.17) is 12.2 Å². The van der Waals surface area contributed by atoms with Gasteiger partial charge in [-0.3, -0.25) is 9.69 Å². The van der Waals surface area contributed by atoms with E-state index in [-0.39, 0.29) is 5.91 Å². The molecule has 1 saturated heterocycles. The van der Waals surface area contributed by atoms with E-state index in [0.29, 0.717) is 15.8 Å². The molecule has 2 aromatic carbocycles. The smallest absolute Gasteiger partial charge is 0.266 e. The van der Waals surface area contributed by atoms with Crippen molar-refractivity contribution in [2.24, 2.45) is 0 Å². The molecule has 2 aromatic rings. The molecule has 2 nitrogen and oxygen atoms in total. The quantitative estimate of drug-likeness (QED) is 0.616. The maximum atomic E-state index is 12.6. The number of hydrogen-bond acceptors (Lipinski definition) is 3. The Labute approximate surface area is 139 Å². The number of aryl methyl sites for hydroxylation is 1. The minimum Gasteiger partial charge on any atom is -0.288 e. The molecule has 0 bridgehead atoms. The van der Waals surface area contributed by atoms with Gasteiger partial charge in [-0.25, -0.2) is 0 Å². The van der Waals surface area contributed by atoms with Gasteiger partial charge in [-0.15, -0.1) is 0 Å². The lowest BCUT2D eigenvalue weighted by atomic mass is 10.1. The SMILES string of the molecule is Cc1ccccc1/C=C1/SC(=S)N(Cc2ccccc2)C1=O. The zero-order chi connectivity index (χ0) is 15.5. The van der Waals surface area contributed by atoms with Crippen molar-refractivity contribution in [1.82, 2.24) is 4.90 Å². The molecule has 1 fully saturated rings. The number of amides is 1. The van der Waals surface area contributed by atoms with E-state index in [1.807, 2.05) is 67.6 Å². The van der Waals surface area contributed by atoms with Crippen LogP contribution in [0.15, 0.2) is 59.5 Å². The third-order valence-electron chi connectivity index (χ3n) is 3.53. The fourth-order valence-corrected chi connectivity index (χ4v) is 3.54. The Kier molecular flexibility index (Phi) is 4.41. The van der Waals surface area contributed by atoms with Crippen molar-refractivity contribution < 1.29 is 4.79 Å². The van der Waals surface area contributed by atoms with Gasteiger partial charge in [0.2, 0.25) is 0 Å². The normalized spacial score (nSPS) is 16.6. The predicted molar refractivity (Wildman–Crippen MR) is 96.3 cm³/mol. The molecule has 0 unspecified atom stereocenters. The zero-order valence-corrected chi connectivity index (χ0v) is 13.8. The first-order valence-electron chi connectivity index (χ1n) is 7.00. The molecule has 1 amide bonds. The third-order valence-corrected chi connectivity index (χ3v) is 4.91. The van der Waals surface area contributed by atoms with Gasteiger partial charge in [0.1, 0.15) is 4.32 Å². The molecular formula is C18H15NOS2. The molecule has 1 aliphatic heterocycles. The molecule has 22 heavy (non-hydrogen) atoms. The second-order valence-electron chi connectivity index (χ2n) is 5.11. The Bertz CT molecular complexity index is 753. The molecule has 0 N–H and O–H groups in total. The highest BCUT2D eigenvalue weighted by atomic mass is 32.2. The Morgan fingerprint density at radius 2 is 1.77 bits per heavy atom. The van der Waals surface area contributed by atoms with E-state index >= 15 is 0 Å². The van der Waals surface area contributed by atoms with Crippen LogP contribution in [0.3, 0.4) is 0 Å². The summed E-state index contributed by atoms with van der Waals surface area (Å²) in [5.74, 6) is -0.0119. The Hall–Kier alpha value is -1.91. The lowest BCUT2D eigenvalue weighted by Crippen LogP contribution is -2.27. The molecule has 0 saturated carbocycles. The summed E-state index contributed by atoms with van der Waals surface area (Å²) in [5, 5.41) is 0. The minimum atomic E-state index is -0.0119. The number of benzene rings is 2. The van der Waals surface area contributed by atoms with Crippen molar-refractivity contribution in [2.45, 2.75) is 13.5 Å². The van der Waals surface area contributed by atoms with Crippen LogP contribution in [-0.2, 0) is 11.3 Å². The van der Waals surface area contributed by atoms with Crippen LogP contribution in [0.4, 0.5) is 0 Å². The number of hydrogen-bond donors (Lipinski definition) is 0. The van der Waals surface area contributed by atoms with Gasteiger partial charge >= 0.3 is 0 Å². The van der Waals surface area contributed by atoms with E-state index in [9.17, 15) is 4.79 Å². The number of thioether (sulfide) groups is 1. The van der Waals surface area contributed by atoms with Gasteiger partial charge in [0.15, 0.2) is 0 Å². The van der Waals surface area contributed by atoms with Crippen molar-refractivity contribution >= 4 is 40.3 Å². The number of nitrogens with zero attached hydrogens (tertiary/aromatic N) is 1. The van der Waals surface area contributed by atoms with Gasteiger partial charge < -0.3 is 0 Å². The Balaban J connectivity index is 1.84. The van der Waals surface area contributed by atoms with Crippen LogP contribution in [-0.4, -0.2) is 15.1 Å². The molecule has 3 rings (SSSR count). The van der Waals surface area contributed by atoms with Crippen LogP contribution in [0.2, 0.25) is 0 Å². The highest BCUT2D eigenvalue weighted by Crippen LogP contribution is 2.33. The maximum Gasteiger partial charge on any atom is 0.266 e. The molecule has 1 heterocycles. The monoisotopic (exact) mass is 325 g/mol. The second kappa shape index (κ2) is 6.46. The second-order valence-corrected chi connectivity index (χ2v) is 6.79. The summed E-state index contributed by atoms with van der Waals surface area (Å²) in [6.07, 6.45) is 1.93. The molecule has 0 radical (unpaired) electrons. The molecule has 1 aliphatic rings. The van der Waals surface area contributed by atoms with Crippen molar-refractivity contribution in [3.63, 3.8) is 0 Å². The first kappa shape index (κ1) is 15.0. The number of carbonyl (C=O) groups excluding carboxylic acids is 1. The topological polar surface area (TPSA) is 20.3 Å². The lowest BCUT2D eigenvalue weighted by Gasteiger charge is -2.14. The summed E-state index contributed by atoms with van der Waals surface area (Å²) < 4.78 is 0.619. The molecule has 110 valence electrons. The predicted octanol–water partition coefficient (Wildman–Crippen LogP) is 4.40. The summed E-state index contributed by atoms with van der Waals surface area (Å²) >= 11 is 6.74. The van der Waals surface area contributed by atoms with Crippen molar-refractivity contribution in [1.29, 1.82) is 0 Å². The van der Waals surface area contributed by atoms with Gasteiger partial charge in [0.25, 0.3) is 5.91 Å². The summed E-state index contributed by atoms with van der Waals surface area (Å²) in [6.45, 7) is 2.56. The molecule has 0 spiro atoms. The fourth-order valence-electron chi connectivity index (χ4n) is 2.29. The van der Waals surface area contributed by atoms with Crippen molar-refractivity contribution in [3.05, 3.63) is 76.2 Å². The molecule has 0 atom stereocenters. The summed E-state index contributed by atoms with van der Waals surface area (Å²) in [6, 6.07) is 17.9. The maximum absolute atomic E-state index is 12.6. The van der Waals surface area contributed by atoms with Crippen LogP contribution >= 0.6 is 24.0 Å². The third kappa shape index (κ3) is 3.13. The van der Waals surface area contributed by atoms with Crippen LogP contribution in [0.25, 0.3) is 6.08 Å². The van der Waals surface area contributed by atoms with E-state index in [1.165, 1.54) is 11.8 Å². The van der Waals surface area contributed by atoms with E-state index in [0.717, 1.165) is 16.7 Å². The lowest BCUT2D eigenvalue weighted by molar-refractivity contribution is -0.122. The largest absolute Gasteiger partial charge is 0.288 e. The average molecular weight is 325 g/mol. The number of carbonyl (C=O) groups is 1. The minimum absolute atomic E-state index is 0.0119. The number of rotatable bonds is 3. The Morgan fingerprint density at radius 3 is 2.50 bits per heavy atom. The van der Waals surface area contributed by atoms with Crippen LogP contribution < -0.4 is 0 Å². The van der Waals surface area contributed by atoms with Gasteiger partial charge in [-0.1, -0.05) is 78.6 Å². The van der Waals surface area contributed by atoms with Crippen LogP contribution in [0.1, 0.15) is 16.7 Å². The molecule has 4 heteroatoms. The summed E-state index contributed by atoms with van der Waals surface area (Å²) in [4.78, 5) is 14.9. The van der Waals surface area contributed by atoms with Crippen molar-refractivity contribution in [2.75, 3.05) is 0 Å². The summed E-state index contributed by atoms with van der Waals surface area (Å²) in [7, 11) is 0. The standard InChI is InChI=1S/C18H15NOS2/c1-13-7-5-6-10-15(13)11-16-17(20)19(18(21)22-16)12-14-8-3-2-4-9-14/h2-11H,12H2,1H3/b16-11+. The van der Waals surface area contributed by atoms with E-state index in [1.54, 1.807) is 4.90 Å².